The van der Waals surface area contributed by atoms with Crippen LogP contribution in [-0.2, 0) is 4.79 Å². The number of aliphatic carboxylic acids is 1. The summed E-state index contributed by atoms with van der Waals surface area (Å²) >= 11 is 0. The molecule has 0 spiro atoms. The summed E-state index contributed by atoms with van der Waals surface area (Å²) in [5, 5.41) is 8.29. The standard InChI is InChI=1S/C7H13NO2/c1-2-3-4-5-6(8)7(9)10/h5H,2-4,8H2,1H3,(H,9,10)/b6-5-. The first-order valence-electron chi connectivity index (χ1n) is 3.37. The Balaban J connectivity index is 3.58. The number of carbonyl (C=O) groups is 1. The fourth-order valence-corrected chi connectivity index (χ4v) is 0.549. The second-order valence-corrected chi connectivity index (χ2v) is 2.11. The molecule has 0 saturated carbocycles. The molecule has 0 aromatic rings. The molecule has 3 N–H and O–H groups in total. The number of rotatable bonds is 4. The molecule has 3 nitrogen and oxygen atoms in total. The van der Waals surface area contributed by atoms with Crippen molar-refractivity contribution in [2.24, 2.45) is 5.73 Å². The number of hydrogen-bond donors (Lipinski definition) is 2. The van der Waals surface area contributed by atoms with Crippen LogP contribution in [-0.4, -0.2) is 11.1 Å². The van der Waals surface area contributed by atoms with Gasteiger partial charge in [-0.2, -0.15) is 0 Å². The Kier molecular flexibility index (Phi) is 4.37. The van der Waals surface area contributed by atoms with Gasteiger partial charge in [-0.15, -0.1) is 0 Å². The molecule has 0 aliphatic heterocycles. The third kappa shape index (κ3) is 3.95. The summed E-state index contributed by atoms with van der Waals surface area (Å²) in [6, 6.07) is 0. The van der Waals surface area contributed by atoms with Crippen LogP contribution in [0.25, 0.3) is 0 Å². The van der Waals surface area contributed by atoms with Crippen molar-refractivity contribution in [1.29, 1.82) is 0 Å². The molecule has 0 aliphatic carbocycles. The fraction of sp³-hybridized carbons (Fsp3) is 0.571. The van der Waals surface area contributed by atoms with Crippen LogP contribution >= 0.6 is 0 Å². The van der Waals surface area contributed by atoms with E-state index in [1.165, 1.54) is 0 Å². The summed E-state index contributed by atoms with van der Waals surface area (Å²) in [5.74, 6) is -1.03. The molecule has 0 radical (unpaired) electrons. The van der Waals surface area contributed by atoms with E-state index in [4.69, 9.17) is 10.8 Å². The molecule has 0 aromatic carbocycles. The normalized spacial score (nSPS) is 11.5. The second kappa shape index (κ2) is 4.85. The van der Waals surface area contributed by atoms with E-state index >= 15 is 0 Å². The molecule has 58 valence electrons. The van der Waals surface area contributed by atoms with E-state index in [-0.39, 0.29) is 5.70 Å². The van der Waals surface area contributed by atoms with Gasteiger partial charge in [0, 0.05) is 0 Å². The minimum Gasteiger partial charge on any atom is -0.477 e. The summed E-state index contributed by atoms with van der Waals surface area (Å²) in [5.41, 5.74) is 5.07. The first-order valence-corrected chi connectivity index (χ1v) is 3.37. The van der Waals surface area contributed by atoms with Gasteiger partial charge in [0.05, 0.1) is 0 Å². The number of carboxylic acid groups (broad SMARTS) is 1. The second-order valence-electron chi connectivity index (χ2n) is 2.11. The molecule has 0 fully saturated rings. The zero-order valence-electron chi connectivity index (χ0n) is 6.13. The van der Waals surface area contributed by atoms with E-state index in [0.29, 0.717) is 0 Å². The summed E-state index contributed by atoms with van der Waals surface area (Å²) in [4.78, 5) is 10.1. The van der Waals surface area contributed by atoms with Gasteiger partial charge in [0.15, 0.2) is 0 Å². The van der Waals surface area contributed by atoms with E-state index in [0.717, 1.165) is 19.3 Å². The van der Waals surface area contributed by atoms with Crippen LogP contribution in [0.3, 0.4) is 0 Å². The first kappa shape index (κ1) is 9.01. The van der Waals surface area contributed by atoms with Crippen LogP contribution in [0.15, 0.2) is 11.8 Å². The summed E-state index contributed by atoms with van der Waals surface area (Å²) in [6.07, 6.45) is 4.36. The van der Waals surface area contributed by atoms with E-state index in [1.807, 2.05) is 6.92 Å². The Bertz CT molecular complexity index is 141. The predicted octanol–water partition coefficient (Wildman–Crippen LogP) is 1.10. The van der Waals surface area contributed by atoms with Crippen molar-refractivity contribution in [3.63, 3.8) is 0 Å². The Morgan fingerprint density at radius 3 is 2.70 bits per heavy atom. The average Bonchev–Trinajstić information content (AvgIpc) is 1.88. The van der Waals surface area contributed by atoms with Crippen LogP contribution < -0.4 is 5.73 Å². The highest BCUT2D eigenvalue weighted by atomic mass is 16.4. The van der Waals surface area contributed by atoms with Crippen LogP contribution in [0.4, 0.5) is 0 Å². The van der Waals surface area contributed by atoms with Crippen LogP contribution in [0.5, 0.6) is 0 Å². The van der Waals surface area contributed by atoms with Gasteiger partial charge in [0.1, 0.15) is 5.70 Å². The monoisotopic (exact) mass is 143 g/mol. The third-order valence-electron chi connectivity index (χ3n) is 1.17. The van der Waals surface area contributed by atoms with Crippen molar-refractivity contribution in [2.45, 2.75) is 26.2 Å². The lowest BCUT2D eigenvalue weighted by molar-refractivity contribution is -0.132. The molecule has 0 aliphatic rings. The van der Waals surface area contributed by atoms with Gasteiger partial charge in [-0.1, -0.05) is 19.4 Å². The molecule has 0 bridgehead atoms. The Morgan fingerprint density at radius 2 is 2.30 bits per heavy atom. The van der Waals surface area contributed by atoms with Gasteiger partial charge >= 0.3 is 5.97 Å². The maximum Gasteiger partial charge on any atom is 0.351 e. The van der Waals surface area contributed by atoms with Crippen molar-refractivity contribution in [2.75, 3.05) is 0 Å². The third-order valence-corrected chi connectivity index (χ3v) is 1.17. The summed E-state index contributed by atoms with van der Waals surface area (Å²) in [7, 11) is 0. The summed E-state index contributed by atoms with van der Waals surface area (Å²) < 4.78 is 0. The molecule has 0 atom stereocenters. The van der Waals surface area contributed by atoms with E-state index in [9.17, 15) is 4.79 Å². The Labute approximate surface area is 60.5 Å². The van der Waals surface area contributed by atoms with Crippen molar-refractivity contribution in [3.8, 4) is 0 Å². The number of carboxylic acids is 1. The lowest BCUT2D eigenvalue weighted by atomic mass is 10.2. The molecular formula is C7H13NO2. The highest BCUT2D eigenvalue weighted by Crippen LogP contribution is 1.96. The van der Waals surface area contributed by atoms with E-state index < -0.39 is 5.97 Å². The SMILES string of the molecule is CCCC/C=C(\N)C(=O)O. The van der Waals surface area contributed by atoms with Crippen molar-refractivity contribution in [1.82, 2.24) is 0 Å². The average molecular weight is 143 g/mol. The largest absolute Gasteiger partial charge is 0.477 e. The highest BCUT2D eigenvalue weighted by molar-refractivity contribution is 5.85. The van der Waals surface area contributed by atoms with Gasteiger partial charge in [-0.3, -0.25) is 0 Å². The quantitative estimate of drug-likeness (QED) is 0.457. The minimum absolute atomic E-state index is 0.0477. The maximum absolute atomic E-state index is 10.1. The molecule has 0 aromatic heterocycles. The molecule has 0 rings (SSSR count). The lowest BCUT2D eigenvalue weighted by Crippen LogP contribution is -2.09. The van der Waals surface area contributed by atoms with Gasteiger partial charge in [0.2, 0.25) is 0 Å². The van der Waals surface area contributed by atoms with Crippen LogP contribution in [0, 0.1) is 0 Å². The molecule has 0 saturated heterocycles. The smallest absolute Gasteiger partial charge is 0.351 e. The number of nitrogens with two attached hydrogens (primary N) is 1. The molecule has 0 unspecified atom stereocenters. The Hall–Kier alpha value is -0.990. The summed E-state index contributed by atoms with van der Waals surface area (Å²) in [6.45, 7) is 2.05. The van der Waals surface area contributed by atoms with Gasteiger partial charge in [-0.05, 0) is 12.8 Å². The lowest BCUT2D eigenvalue weighted by Gasteiger charge is -1.92. The minimum atomic E-state index is -1.03. The molecule has 0 heterocycles. The molecular weight excluding hydrogens is 130 g/mol. The Morgan fingerprint density at radius 1 is 1.70 bits per heavy atom. The maximum atomic E-state index is 10.1. The van der Waals surface area contributed by atoms with Gasteiger partial charge in [0.25, 0.3) is 0 Å². The van der Waals surface area contributed by atoms with Crippen molar-refractivity contribution < 1.29 is 9.90 Å². The van der Waals surface area contributed by atoms with Crippen molar-refractivity contribution >= 4 is 5.97 Å². The number of unbranched alkanes of at least 4 members (excludes halogenated alkanes) is 2. The number of allylic oxidation sites excluding steroid dienone is 1. The van der Waals surface area contributed by atoms with Crippen LogP contribution in [0.1, 0.15) is 26.2 Å². The number of hydrogen-bond acceptors (Lipinski definition) is 2. The highest BCUT2D eigenvalue weighted by Gasteiger charge is 1.97. The molecule has 10 heavy (non-hydrogen) atoms. The van der Waals surface area contributed by atoms with Gasteiger partial charge < -0.3 is 10.8 Å². The fourth-order valence-electron chi connectivity index (χ4n) is 0.549. The molecule has 0 amide bonds. The molecule has 3 heteroatoms. The van der Waals surface area contributed by atoms with Crippen molar-refractivity contribution in [3.05, 3.63) is 11.8 Å². The predicted molar refractivity (Wildman–Crippen MR) is 39.4 cm³/mol. The topological polar surface area (TPSA) is 63.3 Å². The zero-order chi connectivity index (χ0) is 7.98. The zero-order valence-corrected chi connectivity index (χ0v) is 6.13. The van der Waals surface area contributed by atoms with E-state index in [2.05, 4.69) is 0 Å². The van der Waals surface area contributed by atoms with Gasteiger partial charge in [-0.25, -0.2) is 4.79 Å². The first-order chi connectivity index (χ1) is 4.68. The van der Waals surface area contributed by atoms with Crippen LogP contribution in [0.2, 0.25) is 0 Å². The van der Waals surface area contributed by atoms with E-state index in [1.54, 1.807) is 6.08 Å².